The highest BCUT2D eigenvalue weighted by Gasteiger charge is 2.14. The summed E-state index contributed by atoms with van der Waals surface area (Å²) in [6.45, 7) is 9.03. The maximum atomic E-state index is 11.0. The van der Waals surface area contributed by atoms with Crippen LogP contribution in [-0.2, 0) is 32.0 Å². The van der Waals surface area contributed by atoms with Crippen molar-refractivity contribution in [3.05, 3.63) is 100 Å². The minimum atomic E-state index is -0.377. The topological polar surface area (TPSA) is 86.5 Å². The molecule has 0 unspecified atom stereocenters. The molecule has 5 aromatic rings. The molecule has 1 aliphatic heterocycles. The molecule has 1 aliphatic rings. The Hall–Kier alpha value is -3.70. The zero-order valence-electron chi connectivity index (χ0n) is 25.7. The smallest absolute Gasteiger partial charge is 0.269 e. The van der Waals surface area contributed by atoms with Crippen LogP contribution in [0.1, 0.15) is 11.1 Å². The van der Waals surface area contributed by atoms with Crippen LogP contribution in [-0.4, -0.2) is 93.8 Å². The molecule has 1 heterocycles. The Bertz CT molecular complexity index is 1640. The number of benzene rings is 5. The van der Waals surface area contributed by atoms with E-state index in [9.17, 15) is 10.1 Å². The summed E-state index contributed by atoms with van der Waals surface area (Å²) in [5, 5.41) is 18.8. The fourth-order valence-corrected chi connectivity index (χ4v) is 6.11. The Labute approximate surface area is 263 Å². The predicted molar refractivity (Wildman–Crippen MR) is 177 cm³/mol. The fourth-order valence-electron chi connectivity index (χ4n) is 6.11. The van der Waals surface area contributed by atoms with Crippen LogP contribution < -0.4 is 0 Å². The second kappa shape index (κ2) is 15.5. The van der Waals surface area contributed by atoms with Gasteiger partial charge in [-0.25, -0.2) is 0 Å². The minimum Gasteiger partial charge on any atom is -0.378 e. The van der Waals surface area contributed by atoms with Crippen molar-refractivity contribution in [1.82, 2.24) is 9.80 Å². The van der Waals surface area contributed by atoms with Crippen molar-refractivity contribution in [1.29, 1.82) is 0 Å². The maximum Gasteiger partial charge on any atom is 0.269 e. The SMILES string of the molecule is O=[N+]([O-])c1ccc(CN2CCOCCOCCN(Cc3ccc4ccc5cccc6ccc3c4c56)CCOCCOCC2)cc1. The van der Waals surface area contributed by atoms with Gasteiger partial charge in [-0.3, -0.25) is 19.9 Å². The molecule has 0 bridgehead atoms. The fraction of sp³-hybridized carbons (Fsp3) is 0.389. The third-order valence-corrected chi connectivity index (χ3v) is 8.52. The van der Waals surface area contributed by atoms with Gasteiger partial charge >= 0.3 is 0 Å². The first kappa shape index (κ1) is 31.3. The molecule has 0 aromatic heterocycles. The van der Waals surface area contributed by atoms with E-state index in [0.717, 1.165) is 38.3 Å². The number of hydrogen-bond donors (Lipinski definition) is 0. The quantitative estimate of drug-likeness (QED) is 0.139. The number of rotatable bonds is 5. The van der Waals surface area contributed by atoms with Gasteiger partial charge in [-0.15, -0.1) is 0 Å². The minimum absolute atomic E-state index is 0.0979. The Morgan fingerprint density at radius 2 is 1.04 bits per heavy atom. The zero-order valence-corrected chi connectivity index (χ0v) is 25.7. The van der Waals surface area contributed by atoms with E-state index in [2.05, 4.69) is 64.4 Å². The Kier molecular flexibility index (Phi) is 10.8. The zero-order chi connectivity index (χ0) is 30.8. The largest absolute Gasteiger partial charge is 0.378 e. The Morgan fingerprint density at radius 1 is 0.556 bits per heavy atom. The lowest BCUT2D eigenvalue weighted by Gasteiger charge is -2.24. The molecule has 1 fully saturated rings. The molecule has 0 amide bonds. The van der Waals surface area contributed by atoms with Gasteiger partial charge in [-0.2, -0.15) is 0 Å². The highest BCUT2D eigenvalue weighted by molar-refractivity contribution is 6.23. The third kappa shape index (κ3) is 8.12. The molecule has 5 aromatic carbocycles. The first-order valence-electron chi connectivity index (χ1n) is 15.8. The van der Waals surface area contributed by atoms with Gasteiger partial charge in [0.25, 0.3) is 5.69 Å². The monoisotopic (exact) mass is 611 g/mol. The number of non-ortho nitro benzene ring substituents is 1. The molecule has 0 radical (unpaired) electrons. The van der Waals surface area contributed by atoms with E-state index in [1.165, 1.54) is 37.9 Å². The Balaban J connectivity index is 1.05. The standard InChI is InChI=1S/C36H41N3O6/c40-39(41)33-11-4-28(5-12-33)26-37-14-18-42-22-24-44-20-16-38(17-21-45-25-23-43-19-15-37)27-32-9-8-31-7-6-29-2-1-3-30-10-13-34(32)36(31)35(29)30/h1-13H,14-27H2. The number of hydrogen-bond acceptors (Lipinski definition) is 8. The van der Waals surface area contributed by atoms with E-state index in [1.54, 1.807) is 24.3 Å². The molecular weight excluding hydrogens is 570 g/mol. The van der Waals surface area contributed by atoms with Gasteiger partial charge in [-0.05, 0) is 43.4 Å². The summed E-state index contributed by atoms with van der Waals surface area (Å²) in [5.41, 5.74) is 2.43. The maximum absolute atomic E-state index is 11.0. The van der Waals surface area contributed by atoms with Crippen LogP contribution in [0.15, 0.2) is 78.9 Å². The molecular formula is C36H41N3O6. The third-order valence-electron chi connectivity index (χ3n) is 8.52. The van der Waals surface area contributed by atoms with Crippen molar-refractivity contribution < 1.29 is 23.9 Å². The van der Waals surface area contributed by atoms with E-state index in [4.69, 9.17) is 18.9 Å². The lowest BCUT2D eigenvalue weighted by atomic mass is 9.92. The molecule has 45 heavy (non-hydrogen) atoms. The van der Waals surface area contributed by atoms with Crippen LogP contribution in [0.4, 0.5) is 5.69 Å². The molecule has 0 aliphatic carbocycles. The number of nitro benzene ring substituents is 1. The molecule has 0 atom stereocenters. The molecule has 0 spiro atoms. The predicted octanol–water partition coefficient (Wildman–Crippen LogP) is 5.88. The molecule has 6 rings (SSSR count). The number of nitrogens with zero attached hydrogens (tertiary/aromatic N) is 3. The van der Waals surface area contributed by atoms with Gasteiger partial charge in [0, 0.05) is 51.4 Å². The molecule has 1 saturated heterocycles. The van der Waals surface area contributed by atoms with Crippen molar-refractivity contribution in [3.8, 4) is 0 Å². The average molecular weight is 612 g/mol. The van der Waals surface area contributed by atoms with E-state index in [-0.39, 0.29) is 10.6 Å². The van der Waals surface area contributed by atoms with E-state index >= 15 is 0 Å². The normalized spacial score (nSPS) is 17.9. The lowest BCUT2D eigenvalue weighted by molar-refractivity contribution is -0.384. The average Bonchev–Trinajstić information content (AvgIpc) is 3.06. The van der Waals surface area contributed by atoms with Gasteiger partial charge in [0.1, 0.15) is 0 Å². The van der Waals surface area contributed by atoms with Crippen LogP contribution >= 0.6 is 0 Å². The molecule has 0 N–H and O–H groups in total. The van der Waals surface area contributed by atoms with Gasteiger partial charge in [-0.1, -0.05) is 66.7 Å². The molecule has 236 valence electrons. The number of nitro groups is 1. The number of ether oxygens (including phenoxy) is 4. The Morgan fingerprint density at radius 3 is 1.60 bits per heavy atom. The van der Waals surface area contributed by atoms with Crippen molar-refractivity contribution >= 4 is 38.0 Å². The first-order chi connectivity index (χ1) is 22.2. The van der Waals surface area contributed by atoms with E-state index in [1.807, 2.05) is 0 Å². The van der Waals surface area contributed by atoms with Gasteiger partial charge in [0.05, 0.1) is 57.8 Å². The summed E-state index contributed by atoms with van der Waals surface area (Å²) < 4.78 is 23.8. The van der Waals surface area contributed by atoms with Gasteiger partial charge in [0.15, 0.2) is 0 Å². The van der Waals surface area contributed by atoms with Crippen LogP contribution in [0.5, 0.6) is 0 Å². The summed E-state index contributed by atoms with van der Waals surface area (Å²) in [7, 11) is 0. The first-order valence-corrected chi connectivity index (χ1v) is 15.8. The van der Waals surface area contributed by atoms with E-state index < -0.39 is 0 Å². The molecule has 9 heteroatoms. The summed E-state index contributed by atoms with van der Waals surface area (Å²) in [4.78, 5) is 15.3. The van der Waals surface area contributed by atoms with Crippen molar-refractivity contribution in [3.63, 3.8) is 0 Å². The second-order valence-corrected chi connectivity index (χ2v) is 11.5. The highest BCUT2D eigenvalue weighted by Crippen LogP contribution is 2.36. The summed E-state index contributed by atoms with van der Waals surface area (Å²) in [5.74, 6) is 0. The van der Waals surface area contributed by atoms with Crippen LogP contribution in [0.25, 0.3) is 32.3 Å². The van der Waals surface area contributed by atoms with Crippen LogP contribution in [0.3, 0.4) is 0 Å². The lowest BCUT2D eigenvalue weighted by Crippen LogP contribution is -2.32. The second-order valence-electron chi connectivity index (χ2n) is 11.5. The van der Waals surface area contributed by atoms with Gasteiger partial charge in [0.2, 0.25) is 0 Å². The molecule has 0 saturated carbocycles. The van der Waals surface area contributed by atoms with Gasteiger partial charge < -0.3 is 18.9 Å². The van der Waals surface area contributed by atoms with E-state index in [0.29, 0.717) is 59.4 Å². The van der Waals surface area contributed by atoms with Crippen LogP contribution in [0.2, 0.25) is 0 Å². The van der Waals surface area contributed by atoms with Crippen molar-refractivity contribution in [2.45, 2.75) is 13.1 Å². The summed E-state index contributed by atoms with van der Waals surface area (Å²) >= 11 is 0. The van der Waals surface area contributed by atoms with Crippen molar-refractivity contribution in [2.24, 2.45) is 0 Å². The van der Waals surface area contributed by atoms with Crippen molar-refractivity contribution in [2.75, 3.05) is 79.0 Å². The highest BCUT2D eigenvalue weighted by atomic mass is 16.6. The summed E-state index contributed by atoms with van der Waals surface area (Å²) in [6.07, 6.45) is 0. The van der Waals surface area contributed by atoms with Crippen LogP contribution in [0, 0.1) is 10.1 Å². The summed E-state index contributed by atoms with van der Waals surface area (Å²) in [6, 6.07) is 26.7. The molecule has 9 nitrogen and oxygen atoms in total.